The quantitative estimate of drug-likeness (QED) is 0.507. The zero-order valence-corrected chi connectivity index (χ0v) is 14.9. The van der Waals surface area contributed by atoms with E-state index in [0.29, 0.717) is 6.04 Å². The fourth-order valence-corrected chi connectivity index (χ4v) is 3.54. The zero-order chi connectivity index (χ0) is 21.9. The molecule has 3 rings (SSSR count). The van der Waals surface area contributed by atoms with Gasteiger partial charge in [0.2, 0.25) is 0 Å². The molecule has 6 nitrogen and oxygen atoms in total. The number of alkyl halides is 6. The van der Waals surface area contributed by atoms with E-state index in [2.05, 4.69) is 0 Å². The van der Waals surface area contributed by atoms with Gasteiger partial charge in [-0.05, 0) is 62.7 Å². The van der Waals surface area contributed by atoms with Gasteiger partial charge in [-0.1, -0.05) is 0 Å². The molecule has 0 aliphatic heterocycles. The van der Waals surface area contributed by atoms with Crippen molar-refractivity contribution in [3.63, 3.8) is 0 Å². The second-order valence-electron chi connectivity index (χ2n) is 7.47. The summed E-state index contributed by atoms with van der Waals surface area (Å²) >= 11 is 0. The number of carboxylic acid groups (broad SMARTS) is 2. The fourth-order valence-electron chi connectivity index (χ4n) is 3.54. The SMILES string of the molecule is NC1CCC(N)(C2CC2)C(C2CC2)C1.O=C(O)C(F)(F)F.O=C(O)C(F)(F)F. The molecule has 3 aliphatic carbocycles. The molecule has 0 spiro atoms. The summed E-state index contributed by atoms with van der Waals surface area (Å²) in [5.41, 5.74) is 12.9. The molecule has 0 aromatic rings. The predicted molar refractivity (Wildman–Crippen MR) is 85.1 cm³/mol. The Morgan fingerprint density at radius 2 is 1.25 bits per heavy atom. The molecule has 0 amide bonds. The Hall–Kier alpha value is -1.56. The molecule has 0 radical (unpaired) electrons. The number of halogens is 6. The van der Waals surface area contributed by atoms with Gasteiger partial charge in [0.1, 0.15) is 0 Å². The van der Waals surface area contributed by atoms with Crippen LogP contribution in [0.4, 0.5) is 26.3 Å². The van der Waals surface area contributed by atoms with Gasteiger partial charge in [-0.15, -0.1) is 0 Å². The van der Waals surface area contributed by atoms with E-state index in [1.54, 1.807) is 0 Å². The third kappa shape index (κ3) is 7.46. The van der Waals surface area contributed by atoms with Gasteiger partial charge in [0.15, 0.2) is 0 Å². The van der Waals surface area contributed by atoms with Crippen LogP contribution < -0.4 is 11.5 Å². The average molecular weight is 422 g/mol. The highest BCUT2D eigenvalue weighted by Gasteiger charge is 2.53. The molecule has 28 heavy (non-hydrogen) atoms. The summed E-state index contributed by atoms with van der Waals surface area (Å²) in [6.45, 7) is 0. The summed E-state index contributed by atoms with van der Waals surface area (Å²) in [4.78, 5) is 17.8. The lowest BCUT2D eigenvalue weighted by molar-refractivity contribution is -0.193. The second-order valence-corrected chi connectivity index (χ2v) is 7.47. The summed E-state index contributed by atoms with van der Waals surface area (Å²) in [6, 6.07) is 0.441. The van der Waals surface area contributed by atoms with Crippen LogP contribution in [0, 0.1) is 17.8 Å². The van der Waals surface area contributed by atoms with Crippen LogP contribution in [0.25, 0.3) is 0 Å². The Morgan fingerprint density at radius 3 is 1.54 bits per heavy atom. The summed E-state index contributed by atoms with van der Waals surface area (Å²) in [6.07, 6.45) is -0.996. The third-order valence-electron chi connectivity index (χ3n) is 5.21. The number of hydrogen-bond donors (Lipinski definition) is 4. The minimum absolute atomic E-state index is 0.192. The minimum atomic E-state index is -5.08. The highest BCUT2D eigenvalue weighted by atomic mass is 19.4. The van der Waals surface area contributed by atoms with E-state index in [1.165, 1.54) is 38.5 Å². The number of nitrogens with two attached hydrogens (primary N) is 2. The van der Waals surface area contributed by atoms with Crippen LogP contribution in [0.2, 0.25) is 0 Å². The fraction of sp³-hybridized carbons (Fsp3) is 0.875. The molecule has 6 N–H and O–H groups in total. The first kappa shape index (κ1) is 24.5. The van der Waals surface area contributed by atoms with Crippen LogP contribution in [0.1, 0.15) is 44.9 Å². The number of aliphatic carboxylic acids is 2. The Balaban J connectivity index is 0.000000240. The van der Waals surface area contributed by atoms with E-state index in [4.69, 9.17) is 31.3 Å². The van der Waals surface area contributed by atoms with Gasteiger partial charge in [-0.25, -0.2) is 9.59 Å². The molecular formula is C16H24F6N2O4. The van der Waals surface area contributed by atoms with Gasteiger partial charge in [0, 0.05) is 11.6 Å². The molecule has 0 aromatic heterocycles. The normalized spacial score (nSPS) is 30.3. The van der Waals surface area contributed by atoms with Crippen molar-refractivity contribution in [1.82, 2.24) is 0 Å². The molecule has 0 heterocycles. The molecule has 0 saturated heterocycles. The smallest absolute Gasteiger partial charge is 0.475 e. The zero-order valence-electron chi connectivity index (χ0n) is 14.9. The Kier molecular flexibility index (Phi) is 7.74. The van der Waals surface area contributed by atoms with Crippen molar-refractivity contribution in [1.29, 1.82) is 0 Å². The summed E-state index contributed by atoms with van der Waals surface area (Å²) in [5, 5.41) is 14.2. The molecular weight excluding hydrogens is 398 g/mol. The van der Waals surface area contributed by atoms with E-state index >= 15 is 0 Å². The lowest BCUT2D eigenvalue weighted by atomic mass is 9.67. The van der Waals surface area contributed by atoms with E-state index in [1.807, 2.05) is 0 Å². The van der Waals surface area contributed by atoms with Gasteiger partial charge >= 0.3 is 24.3 Å². The number of carboxylic acids is 2. The first-order valence-electron chi connectivity index (χ1n) is 8.73. The molecule has 3 fully saturated rings. The van der Waals surface area contributed by atoms with Crippen molar-refractivity contribution in [2.45, 2.75) is 68.9 Å². The number of rotatable bonds is 2. The van der Waals surface area contributed by atoms with Crippen molar-refractivity contribution in [2.24, 2.45) is 29.2 Å². The Morgan fingerprint density at radius 1 is 0.857 bits per heavy atom. The average Bonchev–Trinajstić information content (AvgIpc) is 3.41. The van der Waals surface area contributed by atoms with Crippen molar-refractivity contribution >= 4 is 11.9 Å². The Bertz CT molecular complexity index is 536. The van der Waals surface area contributed by atoms with E-state index in [0.717, 1.165) is 24.2 Å². The molecule has 3 saturated carbocycles. The second kappa shape index (κ2) is 8.85. The van der Waals surface area contributed by atoms with Crippen LogP contribution in [-0.2, 0) is 9.59 Å². The maximum absolute atomic E-state index is 10.6. The minimum Gasteiger partial charge on any atom is -0.475 e. The van der Waals surface area contributed by atoms with Crippen molar-refractivity contribution in [3.05, 3.63) is 0 Å². The van der Waals surface area contributed by atoms with Gasteiger partial charge in [-0.2, -0.15) is 26.3 Å². The summed E-state index contributed by atoms with van der Waals surface area (Å²) in [7, 11) is 0. The van der Waals surface area contributed by atoms with Gasteiger partial charge in [0.05, 0.1) is 0 Å². The van der Waals surface area contributed by atoms with Crippen molar-refractivity contribution in [2.75, 3.05) is 0 Å². The molecule has 3 atom stereocenters. The Labute approximate surface area is 157 Å². The molecule has 0 bridgehead atoms. The monoisotopic (exact) mass is 422 g/mol. The van der Waals surface area contributed by atoms with E-state index < -0.39 is 24.3 Å². The van der Waals surface area contributed by atoms with Crippen LogP contribution in [0.5, 0.6) is 0 Å². The third-order valence-corrected chi connectivity index (χ3v) is 5.21. The summed E-state index contributed by atoms with van der Waals surface area (Å²) in [5.74, 6) is -2.97. The van der Waals surface area contributed by atoms with Gasteiger partial charge in [-0.3, -0.25) is 0 Å². The highest BCUT2D eigenvalue weighted by molar-refractivity contribution is 5.73. The van der Waals surface area contributed by atoms with Crippen LogP contribution in [0.3, 0.4) is 0 Å². The van der Waals surface area contributed by atoms with Gasteiger partial charge < -0.3 is 21.7 Å². The highest BCUT2D eigenvalue weighted by Crippen LogP contribution is 2.55. The molecule has 164 valence electrons. The number of carbonyl (C=O) groups is 2. The summed E-state index contributed by atoms with van der Waals surface area (Å²) < 4.78 is 63.5. The predicted octanol–water partition coefficient (Wildman–Crippen LogP) is 2.90. The first-order chi connectivity index (χ1) is 12.6. The maximum atomic E-state index is 10.6. The standard InChI is InChI=1S/C12H22N2.2C2HF3O2/c13-10-5-6-12(14,9-3-4-9)11(7-10)8-1-2-8;2*3-2(4,5)1(6)7/h8-11H,1-7,13-14H2;2*(H,6,7). The van der Waals surface area contributed by atoms with Gasteiger partial charge in [0.25, 0.3) is 0 Å². The van der Waals surface area contributed by atoms with Crippen LogP contribution >= 0.6 is 0 Å². The van der Waals surface area contributed by atoms with E-state index in [9.17, 15) is 26.3 Å². The molecule has 3 aliphatic rings. The molecule has 3 unspecified atom stereocenters. The topological polar surface area (TPSA) is 127 Å². The van der Waals surface area contributed by atoms with Crippen LogP contribution in [0.15, 0.2) is 0 Å². The van der Waals surface area contributed by atoms with Crippen molar-refractivity contribution < 1.29 is 46.1 Å². The molecule has 12 heteroatoms. The largest absolute Gasteiger partial charge is 0.490 e. The lowest BCUT2D eigenvalue weighted by Crippen LogP contribution is -2.55. The van der Waals surface area contributed by atoms with Crippen molar-refractivity contribution in [3.8, 4) is 0 Å². The van der Waals surface area contributed by atoms with Crippen LogP contribution in [-0.4, -0.2) is 46.1 Å². The number of hydrogen-bond acceptors (Lipinski definition) is 4. The molecule has 0 aromatic carbocycles. The maximum Gasteiger partial charge on any atom is 0.490 e. The lowest BCUT2D eigenvalue weighted by Gasteiger charge is -2.44. The van der Waals surface area contributed by atoms with E-state index in [-0.39, 0.29) is 5.54 Å². The first-order valence-corrected chi connectivity index (χ1v) is 8.73.